The molecule has 4 heteroatoms. The van der Waals surface area contributed by atoms with Gasteiger partial charge in [-0.3, -0.25) is 4.79 Å². The molecule has 1 aromatic carbocycles. The third kappa shape index (κ3) is 2.02. The number of benzene rings is 1. The second kappa shape index (κ2) is 4.20. The zero-order chi connectivity index (χ0) is 11.7. The van der Waals surface area contributed by atoms with E-state index in [0.29, 0.717) is 5.82 Å². The van der Waals surface area contributed by atoms with E-state index in [2.05, 4.69) is 9.97 Å². The van der Waals surface area contributed by atoms with E-state index in [-0.39, 0.29) is 18.5 Å². The predicted molar refractivity (Wildman–Crippen MR) is 63.2 cm³/mol. The smallest absolute Gasteiger partial charge is 0.309 e. The molecule has 88 valence electrons. The molecule has 1 saturated carbocycles. The van der Waals surface area contributed by atoms with Crippen LogP contribution in [-0.2, 0) is 16.1 Å². The summed E-state index contributed by atoms with van der Waals surface area (Å²) < 4.78 is 5.23. The molecule has 0 spiro atoms. The standard InChI is InChI=1S/C13H14N2O2/c16-13(9-4-3-5-9)17-8-12-14-10-6-1-2-7-11(10)15-12/h1-2,6-7,9H,3-5,8H2,(H,14,15). The van der Waals surface area contributed by atoms with Crippen LogP contribution in [0.3, 0.4) is 0 Å². The highest BCUT2D eigenvalue weighted by atomic mass is 16.5. The number of fused-ring (bicyclic) bond motifs is 1. The molecule has 1 N–H and O–H groups in total. The quantitative estimate of drug-likeness (QED) is 0.824. The Morgan fingerprint density at radius 3 is 2.94 bits per heavy atom. The lowest BCUT2D eigenvalue weighted by molar-refractivity contribution is -0.153. The number of nitrogens with one attached hydrogen (secondary N) is 1. The van der Waals surface area contributed by atoms with E-state index in [1.807, 2.05) is 24.3 Å². The normalized spacial score (nSPS) is 15.8. The lowest BCUT2D eigenvalue weighted by Crippen LogP contribution is -2.24. The van der Waals surface area contributed by atoms with Gasteiger partial charge in [0.2, 0.25) is 0 Å². The molecule has 0 radical (unpaired) electrons. The average Bonchev–Trinajstić information content (AvgIpc) is 2.66. The van der Waals surface area contributed by atoms with Gasteiger partial charge < -0.3 is 9.72 Å². The van der Waals surface area contributed by atoms with Crippen LogP contribution in [0.2, 0.25) is 0 Å². The van der Waals surface area contributed by atoms with Crippen LogP contribution in [0.15, 0.2) is 24.3 Å². The Hall–Kier alpha value is -1.84. The summed E-state index contributed by atoms with van der Waals surface area (Å²) in [6.07, 6.45) is 3.09. The van der Waals surface area contributed by atoms with Gasteiger partial charge in [0.1, 0.15) is 12.4 Å². The van der Waals surface area contributed by atoms with Crippen molar-refractivity contribution in [2.45, 2.75) is 25.9 Å². The number of carbonyl (C=O) groups excluding carboxylic acids is 1. The molecule has 1 aliphatic rings. The van der Waals surface area contributed by atoms with E-state index in [1.54, 1.807) is 0 Å². The molecular formula is C13H14N2O2. The molecule has 0 saturated heterocycles. The lowest BCUT2D eigenvalue weighted by Gasteiger charge is -2.22. The summed E-state index contributed by atoms with van der Waals surface area (Å²) in [7, 11) is 0. The summed E-state index contributed by atoms with van der Waals surface area (Å²) in [5.41, 5.74) is 1.88. The Balaban J connectivity index is 1.66. The first-order valence-corrected chi connectivity index (χ1v) is 5.93. The highest BCUT2D eigenvalue weighted by molar-refractivity contribution is 5.75. The van der Waals surface area contributed by atoms with Crippen LogP contribution in [0.25, 0.3) is 11.0 Å². The van der Waals surface area contributed by atoms with Crippen LogP contribution in [0.1, 0.15) is 25.1 Å². The van der Waals surface area contributed by atoms with Gasteiger partial charge in [-0.05, 0) is 25.0 Å². The van der Waals surface area contributed by atoms with Crippen molar-refractivity contribution in [1.82, 2.24) is 9.97 Å². The molecular weight excluding hydrogens is 216 g/mol. The van der Waals surface area contributed by atoms with Gasteiger partial charge >= 0.3 is 5.97 Å². The molecule has 1 heterocycles. The molecule has 0 bridgehead atoms. The van der Waals surface area contributed by atoms with Gasteiger partial charge in [0, 0.05) is 0 Å². The third-order valence-electron chi connectivity index (χ3n) is 3.23. The highest BCUT2D eigenvalue weighted by Gasteiger charge is 2.26. The summed E-state index contributed by atoms with van der Waals surface area (Å²) in [4.78, 5) is 19.0. The molecule has 0 atom stereocenters. The van der Waals surface area contributed by atoms with Crippen LogP contribution >= 0.6 is 0 Å². The maximum atomic E-state index is 11.5. The number of esters is 1. The number of para-hydroxylation sites is 2. The maximum Gasteiger partial charge on any atom is 0.309 e. The molecule has 1 aromatic heterocycles. The Labute approximate surface area is 99.0 Å². The number of hydrogen-bond donors (Lipinski definition) is 1. The van der Waals surface area contributed by atoms with Crippen molar-refractivity contribution in [2.24, 2.45) is 5.92 Å². The summed E-state index contributed by atoms with van der Waals surface area (Å²) in [6.45, 7) is 0.240. The molecule has 2 aromatic rings. The van der Waals surface area contributed by atoms with Gasteiger partial charge in [0.15, 0.2) is 0 Å². The number of aromatic amines is 1. The van der Waals surface area contributed by atoms with Gasteiger partial charge in [-0.15, -0.1) is 0 Å². The monoisotopic (exact) mass is 230 g/mol. The molecule has 0 unspecified atom stereocenters. The number of nitrogens with zero attached hydrogens (tertiary/aromatic N) is 1. The van der Waals surface area contributed by atoms with Gasteiger partial charge in [-0.1, -0.05) is 18.6 Å². The average molecular weight is 230 g/mol. The minimum atomic E-state index is -0.0864. The molecule has 1 aliphatic carbocycles. The van der Waals surface area contributed by atoms with Crippen LogP contribution < -0.4 is 0 Å². The van der Waals surface area contributed by atoms with E-state index in [9.17, 15) is 4.79 Å². The van der Waals surface area contributed by atoms with Crippen molar-refractivity contribution in [1.29, 1.82) is 0 Å². The first-order valence-electron chi connectivity index (χ1n) is 5.93. The minimum absolute atomic E-state index is 0.0864. The SMILES string of the molecule is O=C(OCc1nc2ccccc2[nH]1)C1CCC1. The minimum Gasteiger partial charge on any atom is -0.457 e. The Morgan fingerprint density at radius 2 is 2.24 bits per heavy atom. The zero-order valence-electron chi connectivity index (χ0n) is 9.48. The number of ether oxygens (including phenoxy) is 1. The number of hydrogen-bond acceptors (Lipinski definition) is 3. The van der Waals surface area contributed by atoms with Crippen LogP contribution in [0.5, 0.6) is 0 Å². The number of aromatic nitrogens is 2. The fourth-order valence-corrected chi connectivity index (χ4v) is 1.98. The van der Waals surface area contributed by atoms with E-state index in [1.165, 1.54) is 0 Å². The highest BCUT2D eigenvalue weighted by Crippen LogP contribution is 2.27. The first kappa shape index (κ1) is 10.3. The van der Waals surface area contributed by atoms with E-state index in [4.69, 9.17) is 4.74 Å². The second-order valence-electron chi connectivity index (χ2n) is 4.44. The maximum absolute atomic E-state index is 11.5. The van der Waals surface area contributed by atoms with Crippen molar-refractivity contribution in [2.75, 3.05) is 0 Å². The largest absolute Gasteiger partial charge is 0.457 e. The lowest BCUT2D eigenvalue weighted by atomic mass is 9.86. The van der Waals surface area contributed by atoms with Crippen molar-refractivity contribution >= 4 is 17.0 Å². The van der Waals surface area contributed by atoms with Gasteiger partial charge in [0.25, 0.3) is 0 Å². The molecule has 4 nitrogen and oxygen atoms in total. The molecule has 1 fully saturated rings. The Morgan fingerprint density at radius 1 is 1.41 bits per heavy atom. The molecule has 3 rings (SSSR count). The number of carbonyl (C=O) groups is 1. The number of H-pyrrole nitrogens is 1. The van der Waals surface area contributed by atoms with Crippen molar-refractivity contribution in [3.8, 4) is 0 Å². The topological polar surface area (TPSA) is 55.0 Å². The predicted octanol–water partition coefficient (Wildman–Crippen LogP) is 2.41. The van der Waals surface area contributed by atoms with Crippen LogP contribution in [0.4, 0.5) is 0 Å². The molecule has 0 aliphatic heterocycles. The van der Waals surface area contributed by atoms with Gasteiger partial charge in [-0.2, -0.15) is 0 Å². The second-order valence-corrected chi connectivity index (χ2v) is 4.44. The summed E-state index contributed by atoms with van der Waals surface area (Å²) in [5.74, 6) is 0.745. The Kier molecular flexibility index (Phi) is 2.55. The van der Waals surface area contributed by atoms with Crippen LogP contribution in [0, 0.1) is 5.92 Å². The Bertz CT molecular complexity index is 510. The first-order chi connectivity index (χ1) is 8.33. The number of rotatable bonds is 3. The molecule has 0 amide bonds. The summed E-state index contributed by atoms with van der Waals surface area (Å²) in [5, 5.41) is 0. The van der Waals surface area contributed by atoms with Crippen molar-refractivity contribution in [3.63, 3.8) is 0 Å². The summed E-state index contributed by atoms with van der Waals surface area (Å²) in [6, 6.07) is 7.78. The molecule has 17 heavy (non-hydrogen) atoms. The van der Waals surface area contributed by atoms with E-state index in [0.717, 1.165) is 30.3 Å². The zero-order valence-corrected chi connectivity index (χ0v) is 9.48. The number of imidazole rings is 1. The van der Waals surface area contributed by atoms with Gasteiger partial charge in [-0.25, -0.2) is 4.98 Å². The van der Waals surface area contributed by atoms with E-state index < -0.39 is 0 Å². The van der Waals surface area contributed by atoms with Crippen molar-refractivity contribution in [3.05, 3.63) is 30.1 Å². The third-order valence-corrected chi connectivity index (χ3v) is 3.23. The fraction of sp³-hybridized carbons (Fsp3) is 0.385. The van der Waals surface area contributed by atoms with Crippen molar-refractivity contribution < 1.29 is 9.53 Å². The summed E-state index contributed by atoms with van der Waals surface area (Å²) >= 11 is 0. The van der Waals surface area contributed by atoms with E-state index >= 15 is 0 Å². The van der Waals surface area contributed by atoms with Gasteiger partial charge in [0.05, 0.1) is 17.0 Å². The fourth-order valence-electron chi connectivity index (χ4n) is 1.98. The van der Waals surface area contributed by atoms with Crippen LogP contribution in [-0.4, -0.2) is 15.9 Å².